The lowest BCUT2D eigenvalue weighted by molar-refractivity contribution is 0.0860. The Bertz CT molecular complexity index is 465. The van der Waals surface area contributed by atoms with Crippen molar-refractivity contribution in [3.05, 3.63) is 35.9 Å². The van der Waals surface area contributed by atoms with Crippen LogP contribution >= 0.6 is 11.8 Å². The summed E-state index contributed by atoms with van der Waals surface area (Å²) in [5.41, 5.74) is 1.66. The summed E-state index contributed by atoms with van der Waals surface area (Å²) < 4.78 is 0.445. The lowest BCUT2D eigenvalue weighted by atomic mass is 9.93. The van der Waals surface area contributed by atoms with Crippen LogP contribution in [0, 0.1) is 0 Å². The Balaban J connectivity index is 1.80. The summed E-state index contributed by atoms with van der Waals surface area (Å²) in [6.07, 6.45) is 2.75. The van der Waals surface area contributed by atoms with Crippen molar-refractivity contribution in [1.82, 2.24) is 10.2 Å². The van der Waals surface area contributed by atoms with Gasteiger partial charge in [0.05, 0.1) is 0 Å². The lowest BCUT2D eigenvalue weighted by Crippen LogP contribution is -2.59. The number of hydrogen-bond acceptors (Lipinski definition) is 3. The highest BCUT2D eigenvalue weighted by Gasteiger charge is 2.39. The molecule has 2 aliphatic heterocycles. The van der Waals surface area contributed by atoms with Crippen molar-refractivity contribution in [2.45, 2.75) is 49.9 Å². The van der Waals surface area contributed by atoms with E-state index in [1.165, 1.54) is 30.7 Å². The molecule has 1 aromatic rings. The van der Waals surface area contributed by atoms with Gasteiger partial charge in [0.25, 0.3) is 0 Å². The average molecular weight is 305 g/mol. The van der Waals surface area contributed by atoms with Crippen LogP contribution in [0.1, 0.15) is 45.2 Å². The Morgan fingerprint density at radius 3 is 2.67 bits per heavy atom. The molecule has 2 heterocycles. The molecule has 1 N–H and O–H groups in total. The number of nitrogens with one attached hydrogen (secondary N) is 1. The smallest absolute Gasteiger partial charge is 0.0474 e. The maximum atomic E-state index is 3.73. The van der Waals surface area contributed by atoms with Crippen LogP contribution in [0.25, 0.3) is 0 Å². The van der Waals surface area contributed by atoms with Crippen molar-refractivity contribution in [3.63, 3.8) is 0 Å². The maximum absolute atomic E-state index is 3.73. The van der Waals surface area contributed by atoms with Crippen LogP contribution in [-0.4, -0.2) is 40.6 Å². The standard InChI is InChI=1S/C18H28N2S/c1-17(2)13-20(14-18(3)10-7-11-21-18)16(12-19-17)15-8-5-4-6-9-15/h4-6,8-9,16,19H,7,10-14H2,1-3H3. The zero-order chi connectivity index (χ0) is 14.9. The van der Waals surface area contributed by atoms with E-state index in [0.717, 1.165) is 13.1 Å². The van der Waals surface area contributed by atoms with Gasteiger partial charge < -0.3 is 5.32 Å². The molecule has 0 aromatic heterocycles. The molecule has 2 atom stereocenters. The van der Waals surface area contributed by atoms with E-state index in [-0.39, 0.29) is 5.54 Å². The molecule has 21 heavy (non-hydrogen) atoms. The fraction of sp³-hybridized carbons (Fsp3) is 0.667. The van der Waals surface area contributed by atoms with Gasteiger partial charge in [-0.05, 0) is 44.9 Å². The van der Waals surface area contributed by atoms with E-state index in [0.29, 0.717) is 10.8 Å². The number of thioether (sulfide) groups is 1. The summed E-state index contributed by atoms with van der Waals surface area (Å²) in [7, 11) is 0. The Morgan fingerprint density at radius 2 is 2.00 bits per heavy atom. The minimum atomic E-state index is 0.213. The van der Waals surface area contributed by atoms with Crippen molar-refractivity contribution < 1.29 is 0 Å². The molecular formula is C18H28N2S. The number of hydrogen-bond donors (Lipinski definition) is 1. The highest BCUT2D eigenvalue weighted by Crippen LogP contribution is 2.40. The van der Waals surface area contributed by atoms with Crippen LogP contribution in [0.5, 0.6) is 0 Å². The summed E-state index contributed by atoms with van der Waals surface area (Å²) in [5.74, 6) is 1.34. The molecule has 3 heteroatoms. The summed E-state index contributed by atoms with van der Waals surface area (Å²) in [6, 6.07) is 11.5. The number of nitrogens with zero attached hydrogens (tertiary/aromatic N) is 1. The first-order valence-electron chi connectivity index (χ1n) is 8.16. The van der Waals surface area contributed by atoms with Crippen molar-refractivity contribution in [2.24, 2.45) is 0 Å². The molecular weight excluding hydrogens is 276 g/mol. The van der Waals surface area contributed by atoms with Gasteiger partial charge in [0.1, 0.15) is 0 Å². The average Bonchev–Trinajstić information content (AvgIpc) is 2.85. The molecule has 0 aliphatic carbocycles. The van der Waals surface area contributed by atoms with Crippen molar-refractivity contribution in [1.29, 1.82) is 0 Å². The first-order chi connectivity index (χ1) is 9.98. The van der Waals surface area contributed by atoms with Crippen LogP contribution in [0.2, 0.25) is 0 Å². The zero-order valence-electron chi connectivity index (χ0n) is 13.6. The Morgan fingerprint density at radius 1 is 1.24 bits per heavy atom. The SMILES string of the molecule is CC1(C)CN(CC2(C)CCCS2)C(c2ccccc2)CN1. The maximum Gasteiger partial charge on any atom is 0.0474 e. The van der Waals surface area contributed by atoms with Crippen LogP contribution < -0.4 is 5.32 Å². The highest BCUT2D eigenvalue weighted by atomic mass is 32.2. The predicted molar refractivity (Wildman–Crippen MR) is 92.9 cm³/mol. The zero-order valence-corrected chi connectivity index (χ0v) is 14.4. The first kappa shape index (κ1) is 15.4. The Labute approximate surface area is 133 Å². The van der Waals surface area contributed by atoms with Gasteiger partial charge in [0.15, 0.2) is 0 Å². The van der Waals surface area contributed by atoms with Gasteiger partial charge in [-0.3, -0.25) is 4.90 Å². The molecule has 2 aliphatic rings. The van der Waals surface area contributed by atoms with Crippen LogP contribution in [0.4, 0.5) is 0 Å². The fourth-order valence-corrected chi connectivity index (χ4v) is 5.06. The van der Waals surface area contributed by atoms with Crippen molar-refractivity contribution in [3.8, 4) is 0 Å². The predicted octanol–water partition coefficient (Wildman–Crippen LogP) is 3.70. The number of rotatable bonds is 3. The molecule has 0 amide bonds. The highest BCUT2D eigenvalue weighted by molar-refractivity contribution is 8.00. The molecule has 1 aromatic carbocycles. The second-order valence-corrected chi connectivity index (χ2v) is 9.18. The van der Waals surface area contributed by atoms with E-state index in [4.69, 9.17) is 0 Å². The van der Waals surface area contributed by atoms with Crippen LogP contribution in [-0.2, 0) is 0 Å². The lowest BCUT2D eigenvalue weighted by Gasteiger charge is -2.47. The number of benzene rings is 1. The van der Waals surface area contributed by atoms with Gasteiger partial charge in [-0.2, -0.15) is 11.8 Å². The summed E-state index contributed by atoms with van der Waals surface area (Å²) >= 11 is 2.17. The van der Waals surface area contributed by atoms with E-state index in [9.17, 15) is 0 Å². The van der Waals surface area contributed by atoms with E-state index >= 15 is 0 Å². The van der Waals surface area contributed by atoms with Gasteiger partial charge in [-0.15, -0.1) is 0 Å². The molecule has 0 bridgehead atoms. The van der Waals surface area contributed by atoms with Gasteiger partial charge in [-0.1, -0.05) is 30.3 Å². The topological polar surface area (TPSA) is 15.3 Å². The van der Waals surface area contributed by atoms with E-state index in [1.54, 1.807) is 0 Å². The van der Waals surface area contributed by atoms with E-state index in [1.807, 2.05) is 0 Å². The molecule has 2 nitrogen and oxygen atoms in total. The van der Waals surface area contributed by atoms with Gasteiger partial charge in [0.2, 0.25) is 0 Å². The van der Waals surface area contributed by atoms with Crippen LogP contribution in [0.15, 0.2) is 30.3 Å². The Hall–Kier alpha value is -0.510. The third-order valence-corrected chi connectivity index (χ3v) is 6.36. The van der Waals surface area contributed by atoms with Crippen LogP contribution in [0.3, 0.4) is 0 Å². The number of piperazine rings is 1. The molecule has 0 spiro atoms. The third-order valence-electron chi connectivity index (χ3n) is 4.84. The van der Waals surface area contributed by atoms with E-state index < -0.39 is 0 Å². The first-order valence-corrected chi connectivity index (χ1v) is 9.14. The summed E-state index contributed by atoms with van der Waals surface area (Å²) in [5, 5.41) is 3.73. The summed E-state index contributed by atoms with van der Waals surface area (Å²) in [4.78, 5) is 2.73. The van der Waals surface area contributed by atoms with Crippen molar-refractivity contribution >= 4 is 11.8 Å². The molecule has 2 fully saturated rings. The van der Waals surface area contributed by atoms with Gasteiger partial charge in [0, 0.05) is 36.0 Å². The second-order valence-electron chi connectivity index (χ2n) is 7.50. The molecule has 3 rings (SSSR count). The minimum absolute atomic E-state index is 0.213. The molecule has 116 valence electrons. The molecule has 2 unspecified atom stereocenters. The quantitative estimate of drug-likeness (QED) is 0.916. The molecule has 2 saturated heterocycles. The van der Waals surface area contributed by atoms with Gasteiger partial charge >= 0.3 is 0 Å². The normalized spacial score (nSPS) is 33.2. The minimum Gasteiger partial charge on any atom is -0.309 e. The van der Waals surface area contributed by atoms with E-state index in [2.05, 4.69) is 73.1 Å². The monoisotopic (exact) mass is 304 g/mol. The second kappa shape index (κ2) is 5.94. The van der Waals surface area contributed by atoms with Crippen molar-refractivity contribution in [2.75, 3.05) is 25.4 Å². The van der Waals surface area contributed by atoms with Gasteiger partial charge in [-0.25, -0.2) is 0 Å². The fourth-order valence-electron chi connectivity index (χ4n) is 3.74. The molecule has 0 saturated carbocycles. The summed E-state index contributed by atoms with van der Waals surface area (Å²) in [6.45, 7) is 10.5. The Kier molecular flexibility index (Phi) is 4.35. The third kappa shape index (κ3) is 3.64. The molecule has 0 radical (unpaired) electrons. The largest absolute Gasteiger partial charge is 0.309 e.